The van der Waals surface area contributed by atoms with E-state index in [9.17, 15) is 0 Å². The molecule has 0 saturated carbocycles. The summed E-state index contributed by atoms with van der Waals surface area (Å²) in [6.45, 7) is 8.84. The lowest BCUT2D eigenvalue weighted by molar-refractivity contribution is 0.647. The molecule has 110 valence electrons. The normalized spacial score (nSPS) is 11.7. The zero-order valence-electron chi connectivity index (χ0n) is 13.4. The van der Waals surface area contributed by atoms with Crippen LogP contribution < -0.4 is 0 Å². The lowest BCUT2D eigenvalue weighted by atomic mass is 10.0. The maximum absolute atomic E-state index is 4.30. The smallest absolute Gasteiger partial charge is 0.0857 e. The Morgan fingerprint density at radius 3 is 1.62 bits per heavy atom. The molecule has 0 saturated heterocycles. The number of rotatable bonds is 5. The molecule has 0 atom stereocenters. The van der Waals surface area contributed by atoms with Crippen molar-refractivity contribution in [1.82, 2.24) is 0 Å². The molecule has 2 aromatic rings. The van der Waals surface area contributed by atoms with Crippen LogP contribution in [0.1, 0.15) is 44.7 Å². The molecule has 0 aliphatic carbocycles. The highest BCUT2D eigenvalue weighted by Crippen LogP contribution is 2.22. The number of azo groups is 1. The van der Waals surface area contributed by atoms with Gasteiger partial charge in [-0.3, -0.25) is 0 Å². The van der Waals surface area contributed by atoms with Crippen molar-refractivity contribution in [2.75, 3.05) is 0 Å². The van der Waals surface area contributed by atoms with Gasteiger partial charge in [0, 0.05) is 0 Å². The zero-order valence-corrected chi connectivity index (χ0v) is 13.4. The SMILES string of the molecule is CC(C)Cc1ccc(N=Nc2ccc(C(C)C)cc2)cc1. The van der Waals surface area contributed by atoms with Crippen molar-refractivity contribution in [1.29, 1.82) is 0 Å². The Morgan fingerprint density at radius 1 is 0.714 bits per heavy atom. The van der Waals surface area contributed by atoms with Crippen LogP contribution >= 0.6 is 0 Å². The maximum atomic E-state index is 4.30. The van der Waals surface area contributed by atoms with Gasteiger partial charge in [0.2, 0.25) is 0 Å². The van der Waals surface area contributed by atoms with Gasteiger partial charge >= 0.3 is 0 Å². The predicted molar refractivity (Wildman–Crippen MR) is 89.7 cm³/mol. The molecule has 2 rings (SSSR count). The van der Waals surface area contributed by atoms with Crippen molar-refractivity contribution in [3.05, 3.63) is 59.7 Å². The van der Waals surface area contributed by atoms with Crippen LogP contribution in [-0.4, -0.2) is 0 Å². The maximum Gasteiger partial charge on any atom is 0.0857 e. The van der Waals surface area contributed by atoms with Crippen LogP contribution in [0.15, 0.2) is 58.8 Å². The fourth-order valence-electron chi connectivity index (χ4n) is 2.21. The average molecular weight is 280 g/mol. The quantitative estimate of drug-likeness (QED) is 0.564. The van der Waals surface area contributed by atoms with Crippen LogP contribution in [0.3, 0.4) is 0 Å². The Hall–Kier alpha value is -1.96. The fourth-order valence-corrected chi connectivity index (χ4v) is 2.21. The standard InChI is InChI=1S/C19H24N2/c1-14(2)13-16-5-9-18(10-6-16)20-21-19-11-7-17(8-12-19)15(3)4/h5-12,14-15H,13H2,1-4H3. The van der Waals surface area contributed by atoms with Crippen molar-refractivity contribution < 1.29 is 0 Å². The van der Waals surface area contributed by atoms with E-state index in [1.807, 2.05) is 24.3 Å². The van der Waals surface area contributed by atoms with Crippen molar-refractivity contribution >= 4 is 11.4 Å². The van der Waals surface area contributed by atoms with E-state index in [0.717, 1.165) is 17.8 Å². The number of benzene rings is 2. The number of hydrogen-bond donors (Lipinski definition) is 0. The highest BCUT2D eigenvalue weighted by molar-refractivity contribution is 5.42. The van der Waals surface area contributed by atoms with Gasteiger partial charge in [-0.2, -0.15) is 10.2 Å². The van der Waals surface area contributed by atoms with Crippen LogP contribution in [0.5, 0.6) is 0 Å². The van der Waals surface area contributed by atoms with E-state index in [1.54, 1.807) is 0 Å². The van der Waals surface area contributed by atoms with Crippen LogP contribution in [0, 0.1) is 5.92 Å². The molecule has 0 heterocycles. The first-order chi connectivity index (χ1) is 10.0. The van der Waals surface area contributed by atoms with Crippen molar-refractivity contribution in [3.63, 3.8) is 0 Å². The van der Waals surface area contributed by atoms with Crippen LogP contribution in [0.25, 0.3) is 0 Å². The Labute approximate surface area is 127 Å². The summed E-state index contributed by atoms with van der Waals surface area (Å²) in [6.07, 6.45) is 1.11. The summed E-state index contributed by atoms with van der Waals surface area (Å²) in [5.74, 6) is 1.22. The molecule has 0 amide bonds. The Balaban J connectivity index is 2.03. The second-order valence-corrected chi connectivity index (χ2v) is 6.21. The molecule has 0 spiro atoms. The van der Waals surface area contributed by atoms with Crippen molar-refractivity contribution in [3.8, 4) is 0 Å². The van der Waals surface area contributed by atoms with E-state index in [0.29, 0.717) is 11.8 Å². The van der Waals surface area contributed by atoms with Gasteiger partial charge in [-0.05, 0) is 53.6 Å². The summed E-state index contributed by atoms with van der Waals surface area (Å²) in [5.41, 5.74) is 4.47. The summed E-state index contributed by atoms with van der Waals surface area (Å²) in [5, 5.41) is 8.59. The average Bonchev–Trinajstić information content (AvgIpc) is 2.46. The third-order valence-corrected chi connectivity index (χ3v) is 3.42. The third-order valence-electron chi connectivity index (χ3n) is 3.42. The molecule has 21 heavy (non-hydrogen) atoms. The molecular weight excluding hydrogens is 256 g/mol. The van der Waals surface area contributed by atoms with Crippen LogP contribution in [0.2, 0.25) is 0 Å². The van der Waals surface area contributed by atoms with Gasteiger partial charge in [0.15, 0.2) is 0 Å². The van der Waals surface area contributed by atoms with E-state index in [-0.39, 0.29) is 0 Å². The first-order valence-corrected chi connectivity index (χ1v) is 7.65. The molecule has 0 radical (unpaired) electrons. The van der Waals surface area contributed by atoms with E-state index >= 15 is 0 Å². The van der Waals surface area contributed by atoms with Gasteiger partial charge in [0.05, 0.1) is 11.4 Å². The highest BCUT2D eigenvalue weighted by Gasteiger charge is 1.99. The molecule has 2 heteroatoms. The zero-order chi connectivity index (χ0) is 15.2. The molecule has 0 fully saturated rings. The van der Waals surface area contributed by atoms with E-state index < -0.39 is 0 Å². The summed E-state index contributed by atoms with van der Waals surface area (Å²) < 4.78 is 0. The second kappa shape index (κ2) is 7.16. The van der Waals surface area contributed by atoms with Gasteiger partial charge in [-0.25, -0.2) is 0 Å². The first-order valence-electron chi connectivity index (χ1n) is 7.65. The molecule has 2 nitrogen and oxygen atoms in total. The van der Waals surface area contributed by atoms with E-state index in [4.69, 9.17) is 0 Å². The fraction of sp³-hybridized carbons (Fsp3) is 0.368. The third kappa shape index (κ3) is 4.82. The van der Waals surface area contributed by atoms with E-state index in [2.05, 4.69) is 62.2 Å². The highest BCUT2D eigenvalue weighted by atomic mass is 15.1. The molecule has 0 aliphatic heterocycles. The minimum absolute atomic E-state index is 0.546. The van der Waals surface area contributed by atoms with Crippen molar-refractivity contribution in [2.45, 2.75) is 40.0 Å². The summed E-state index contributed by atoms with van der Waals surface area (Å²) >= 11 is 0. The lowest BCUT2D eigenvalue weighted by Crippen LogP contribution is -1.92. The Bertz CT molecular complexity index is 578. The summed E-state index contributed by atoms with van der Waals surface area (Å²) in [4.78, 5) is 0. The molecule has 0 aliphatic rings. The molecule has 0 bridgehead atoms. The lowest BCUT2D eigenvalue weighted by Gasteiger charge is -2.05. The van der Waals surface area contributed by atoms with Crippen LogP contribution in [-0.2, 0) is 6.42 Å². The van der Waals surface area contributed by atoms with Crippen LogP contribution in [0.4, 0.5) is 11.4 Å². The van der Waals surface area contributed by atoms with Gasteiger partial charge in [-0.15, -0.1) is 0 Å². The van der Waals surface area contributed by atoms with Gasteiger partial charge < -0.3 is 0 Å². The predicted octanol–water partition coefficient (Wildman–Crippen LogP) is 6.42. The summed E-state index contributed by atoms with van der Waals surface area (Å²) in [7, 11) is 0. The summed E-state index contributed by atoms with van der Waals surface area (Å²) in [6, 6.07) is 16.6. The monoisotopic (exact) mass is 280 g/mol. The van der Waals surface area contributed by atoms with E-state index in [1.165, 1.54) is 11.1 Å². The number of hydrogen-bond acceptors (Lipinski definition) is 2. The second-order valence-electron chi connectivity index (χ2n) is 6.21. The molecule has 0 aromatic heterocycles. The minimum Gasteiger partial charge on any atom is -0.151 e. The molecule has 0 unspecified atom stereocenters. The first kappa shape index (κ1) is 15.4. The number of nitrogens with zero attached hydrogens (tertiary/aromatic N) is 2. The Kier molecular flexibility index (Phi) is 5.26. The molecule has 0 N–H and O–H groups in total. The topological polar surface area (TPSA) is 24.7 Å². The van der Waals surface area contributed by atoms with Gasteiger partial charge in [0.25, 0.3) is 0 Å². The Morgan fingerprint density at radius 2 is 1.19 bits per heavy atom. The van der Waals surface area contributed by atoms with Gasteiger partial charge in [0.1, 0.15) is 0 Å². The molecular formula is C19H24N2. The molecule has 2 aromatic carbocycles. The minimum atomic E-state index is 0.546. The van der Waals surface area contributed by atoms with Crippen molar-refractivity contribution in [2.24, 2.45) is 16.1 Å². The van der Waals surface area contributed by atoms with Gasteiger partial charge in [-0.1, -0.05) is 52.0 Å². The largest absolute Gasteiger partial charge is 0.151 e.